The van der Waals surface area contributed by atoms with Crippen molar-refractivity contribution in [2.75, 3.05) is 0 Å². The first-order valence-electron chi connectivity index (χ1n) is 6.58. The van der Waals surface area contributed by atoms with Crippen LogP contribution in [0.15, 0.2) is 24.3 Å². The molecule has 0 aliphatic heterocycles. The Bertz CT molecular complexity index is 315. The first-order valence-corrected chi connectivity index (χ1v) is 6.58. The lowest BCUT2D eigenvalue weighted by atomic mass is 9.89. The number of aliphatic hydroxyl groups is 1. The molecule has 2 rings (SSSR count). The average Bonchev–Trinajstić information content (AvgIpc) is 2.54. The fraction of sp³-hybridized carbons (Fsp3) is 0.600. The van der Waals surface area contributed by atoms with E-state index in [4.69, 9.17) is 0 Å². The summed E-state index contributed by atoms with van der Waals surface area (Å²) in [4.78, 5) is 0. The highest BCUT2D eigenvalue weighted by Gasteiger charge is 2.22. The molecule has 1 heteroatoms. The van der Waals surface area contributed by atoms with Gasteiger partial charge in [0.15, 0.2) is 0 Å². The van der Waals surface area contributed by atoms with Crippen LogP contribution >= 0.6 is 0 Å². The molecule has 1 aromatic rings. The van der Waals surface area contributed by atoms with E-state index in [2.05, 4.69) is 31.2 Å². The summed E-state index contributed by atoms with van der Waals surface area (Å²) >= 11 is 0. The van der Waals surface area contributed by atoms with Gasteiger partial charge in [0.2, 0.25) is 0 Å². The van der Waals surface area contributed by atoms with Gasteiger partial charge >= 0.3 is 0 Å². The molecule has 1 aliphatic rings. The minimum Gasteiger partial charge on any atom is -0.392 e. The Kier molecular flexibility index (Phi) is 4.00. The van der Waals surface area contributed by atoms with Crippen LogP contribution in [-0.2, 0) is 6.42 Å². The predicted molar refractivity (Wildman–Crippen MR) is 67.7 cm³/mol. The van der Waals surface area contributed by atoms with Crippen LogP contribution < -0.4 is 0 Å². The van der Waals surface area contributed by atoms with Crippen LogP contribution in [0.4, 0.5) is 0 Å². The van der Waals surface area contributed by atoms with Crippen molar-refractivity contribution in [1.82, 2.24) is 0 Å². The van der Waals surface area contributed by atoms with Crippen LogP contribution in [0.3, 0.4) is 0 Å². The Balaban J connectivity index is 2.14. The highest BCUT2D eigenvalue weighted by molar-refractivity contribution is 5.26. The van der Waals surface area contributed by atoms with E-state index in [1.165, 1.54) is 30.4 Å². The van der Waals surface area contributed by atoms with Crippen molar-refractivity contribution in [2.24, 2.45) is 0 Å². The fourth-order valence-electron chi connectivity index (χ4n) is 2.68. The minimum atomic E-state index is -0.130. The molecule has 0 heterocycles. The van der Waals surface area contributed by atoms with E-state index in [0.717, 1.165) is 19.3 Å². The maximum absolute atomic E-state index is 10.1. The summed E-state index contributed by atoms with van der Waals surface area (Å²) in [6, 6.07) is 8.82. The van der Waals surface area contributed by atoms with Crippen molar-refractivity contribution in [3.05, 3.63) is 35.4 Å². The van der Waals surface area contributed by atoms with Gasteiger partial charge in [-0.25, -0.2) is 0 Å². The molecular weight excluding hydrogens is 196 g/mol. The Morgan fingerprint density at radius 2 is 1.75 bits per heavy atom. The molecule has 16 heavy (non-hydrogen) atoms. The first-order chi connectivity index (χ1) is 7.81. The normalized spacial score (nSPS) is 26.4. The second-order valence-electron chi connectivity index (χ2n) is 4.91. The summed E-state index contributed by atoms with van der Waals surface area (Å²) in [5.74, 6) is 0.369. The van der Waals surface area contributed by atoms with E-state index in [-0.39, 0.29) is 6.10 Å². The number of hydrogen-bond acceptors (Lipinski definition) is 1. The van der Waals surface area contributed by atoms with E-state index in [1.54, 1.807) is 0 Å². The number of hydrogen-bond donors (Lipinski definition) is 1. The summed E-state index contributed by atoms with van der Waals surface area (Å²) in [6.07, 6.45) is 6.80. The Hall–Kier alpha value is -0.820. The van der Waals surface area contributed by atoms with Crippen LogP contribution in [0, 0.1) is 0 Å². The third-order valence-corrected chi connectivity index (χ3v) is 3.80. The van der Waals surface area contributed by atoms with Crippen LogP contribution in [0.1, 0.15) is 56.1 Å². The summed E-state index contributed by atoms with van der Waals surface area (Å²) in [7, 11) is 0. The summed E-state index contributed by atoms with van der Waals surface area (Å²) in [5, 5.41) is 10.1. The van der Waals surface area contributed by atoms with Gasteiger partial charge < -0.3 is 5.11 Å². The molecule has 1 nitrogen and oxygen atoms in total. The van der Waals surface area contributed by atoms with Gasteiger partial charge in [-0.3, -0.25) is 0 Å². The molecule has 2 unspecified atom stereocenters. The van der Waals surface area contributed by atoms with E-state index < -0.39 is 0 Å². The molecule has 0 radical (unpaired) electrons. The monoisotopic (exact) mass is 218 g/mol. The highest BCUT2D eigenvalue weighted by Crippen LogP contribution is 2.32. The quantitative estimate of drug-likeness (QED) is 0.751. The van der Waals surface area contributed by atoms with Crippen molar-refractivity contribution in [1.29, 1.82) is 0 Å². The Morgan fingerprint density at radius 3 is 2.44 bits per heavy atom. The summed E-state index contributed by atoms with van der Waals surface area (Å²) < 4.78 is 0. The molecule has 0 spiro atoms. The highest BCUT2D eigenvalue weighted by atomic mass is 16.3. The van der Waals surface area contributed by atoms with E-state index in [0.29, 0.717) is 5.92 Å². The molecule has 2 atom stereocenters. The molecule has 0 saturated heterocycles. The zero-order valence-electron chi connectivity index (χ0n) is 10.2. The lowest BCUT2D eigenvalue weighted by Crippen LogP contribution is -2.16. The molecule has 1 aromatic carbocycles. The molecule has 1 aliphatic carbocycles. The van der Waals surface area contributed by atoms with Gasteiger partial charge in [0.05, 0.1) is 6.10 Å². The van der Waals surface area contributed by atoms with E-state index >= 15 is 0 Å². The SMILES string of the molecule is CCc1ccc(C2CCCCCC2O)cc1. The number of aliphatic hydroxyl groups excluding tert-OH is 1. The predicted octanol–water partition coefficient (Wildman–Crippen LogP) is 3.66. The van der Waals surface area contributed by atoms with Gasteiger partial charge in [-0.1, -0.05) is 50.5 Å². The Labute approximate surface area is 98.5 Å². The average molecular weight is 218 g/mol. The maximum Gasteiger partial charge on any atom is 0.0608 e. The first kappa shape index (κ1) is 11.7. The molecule has 0 amide bonds. The minimum absolute atomic E-state index is 0.130. The summed E-state index contributed by atoms with van der Waals surface area (Å²) in [6.45, 7) is 2.18. The summed E-state index contributed by atoms with van der Waals surface area (Å²) in [5.41, 5.74) is 2.71. The van der Waals surface area contributed by atoms with Crippen LogP contribution in [0.25, 0.3) is 0 Å². The zero-order valence-corrected chi connectivity index (χ0v) is 10.2. The molecule has 0 aromatic heterocycles. The van der Waals surface area contributed by atoms with Gasteiger partial charge in [0.25, 0.3) is 0 Å². The fourth-order valence-corrected chi connectivity index (χ4v) is 2.68. The van der Waals surface area contributed by atoms with Gasteiger partial charge in [0.1, 0.15) is 0 Å². The van der Waals surface area contributed by atoms with Crippen LogP contribution in [0.2, 0.25) is 0 Å². The van der Waals surface area contributed by atoms with Crippen LogP contribution in [0.5, 0.6) is 0 Å². The molecule has 88 valence electrons. The van der Waals surface area contributed by atoms with Crippen molar-refractivity contribution in [2.45, 2.75) is 57.5 Å². The van der Waals surface area contributed by atoms with Crippen molar-refractivity contribution in [3.8, 4) is 0 Å². The molecule has 1 N–H and O–H groups in total. The standard InChI is InChI=1S/C15H22O/c1-2-12-8-10-13(11-9-12)14-6-4-3-5-7-15(14)16/h8-11,14-16H,2-7H2,1H3. The zero-order chi connectivity index (χ0) is 11.4. The van der Waals surface area contributed by atoms with Crippen LogP contribution in [-0.4, -0.2) is 11.2 Å². The second kappa shape index (κ2) is 5.49. The second-order valence-corrected chi connectivity index (χ2v) is 4.91. The van der Waals surface area contributed by atoms with Crippen molar-refractivity contribution < 1.29 is 5.11 Å². The third kappa shape index (κ3) is 2.65. The van der Waals surface area contributed by atoms with E-state index in [1.807, 2.05) is 0 Å². The number of rotatable bonds is 2. The largest absolute Gasteiger partial charge is 0.392 e. The Morgan fingerprint density at radius 1 is 1.06 bits per heavy atom. The molecule has 0 bridgehead atoms. The van der Waals surface area contributed by atoms with Gasteiger partial charge in [-0.05, 0) is 30.4 Å². The van der Waals surface area contributed by atoms with Gasteiger partial charge in [0, 0.05) is 5.92 Å². The van der Waals surface area contributed by atoms with E-state index in [9.17, 15) is 5.11 Å². The van der Waals surface area contributed by atoms with Crippen molar-refractivity contribution in [3.63, 3.8) is 0 Å². The molecular formula is C15H22O. The smallest absolute Gasteiger partial charge is 0.0608 e. The third-order valence-electron chi connectivity index (χ3n) is 3.80. The van der Waals surface area contributed by atoms with Gasteiger partial charge in [-0.15, -0.1) is 0 Å². The lowest BCUT2D eigenvalue weighted by Gasteiger charge is -2.20. The topological polar surface area (TPSA) is 20.2 Å². The van der Waals surface area contributed by atoms with Crippen molar-refractivity contribution >= 4 is 0 Å². The lowest BCUT2D eigenvalue weighted by molar-refractivity contribution is 0.135. The van der Waals surface area contributed by atoms with Gasteiger partial charge in [-0.2, -0.15) is 0 Å². The molecule has 1 fully saturated rings. The number of benzene rings is 1. The molecule has 1 saturated carbocycles. The number of aryl methyl sites for hydroxylation is 1. The maximum atomic E-state index is 10.1.